The second-order valence-corrected chi connectivity index (χ2v) is 5.79. The average molecular weight is 298 g/mol. The maximum atomic E-state index is 11.0. The Balaban J connectivity index is 0.00000256. The van der Waals surface area contributed by atoms with E-state index < -0.39 is 10.0 Å². The molecule has 3 N–H and O–H groups in total. The standard InChI is InChI=1S/C9H12N2O2S3.Na/c10-16(12,13)8-3-1-7(2-4-8)5-6-11-9(14)15;/h1-4H,5-6H2,(H2,10,12,13)(H2,11,14,15);/q;+1/p-1. The Morgan fingerprint density at radius 3 is 2.29 bits per heavy atom. The van der Waals surface area contributed by atoms with Crippen LogP contribution >= 0.6 is 12.2 Å². The van der Waals surface area contributed by atoms with Crippen molar-refractivity contribution in [2.45, 2.75) is 11.3 Å². The van der Waals surface area contributed by atoms with Crippen molar-refractivity contribution in [3.8, 4) is 0 Å². The van der Waals surface area contributed by atoms with Crippen LogP contribution in [0.2, 0.25) is 0 Å². The predicted molar refractivity (Wildman–Crippen MR) is 69.5 cm³/mol. The Hall–Kier alpha value is 0.240. The van der Waals surface area contributed by atoms with E-state index in [4.69, 9.17) is 5.14 Å². The van der Waals surface area contributed by atoms with Crippen LogP contribution in [-0.2, 0) is 29.1 Å². The van der Waals surface area contributed by atoms with Crippen LogP contribution in [-0.4, -0.2) is 19.3 Å². The van der Waals surface area contributed by atoms with Crippen molar-refractivity contribution in [2.24, 2.45) is 5.14 Å². The molecule has 0 aliphatic heterocycles. The topological polar surface area (TPSA) is 72.2 Å². The monoisotopic (exact) mass is 298 g/mol. The minimum atomic E-state index is -3.61. The first-order valence-corrected chi connectivity index (χ1v) is 6.82. The number of sulfonamides is 1. The van der Waals surface area contributed by atoms with E-state index in [2.05, 4.69) is 30.2 Å². The average Bonchev–Trinajstić information content (AvgIpc) is 2.16. The summed E-state index contributed by atoms with van der Waals surface area (Å²) in [7, 11) is -3.61. The van der Waals surface area contributed by atoms with Gasteiger partial charge in [-0.15, -0.1) is 0 Å². The quantitative estimate of drug-likeness (QED) is 0.360. The number of benzene rings is 1. The van der Waals surface area contributed by atoms with Gasteiger partial charge in [0.1, 0.15) is 0 Å². The van der Waals surface area contributed by atoms with Crippen molar-refractivity contribution in [1.29, 1.82) is 0 Å². The molecule has 0 bridgehead atoms. The molecule has 0 radical (unpaired) electrons. The molecule has 0 spiro atoms. The first kappa shape index (κ1) is 17.2. The molecule has 0 saturated heterocycles. The zero-order valence-electron chi connectivity index (χ0n) is 9.34. The van der Waals surface area contributed by atoms with E-state index in [0.717, 1.165) is 12.0 Å². The van der Waals surface area contributed by atoms with Crippen LogP contribution in [0.3, 0.4) is 0 Å². The molecule has 0 unspecified atom stereocenters. The summed E-state index contributed by atoms with van der Waals surface area (Å²) in [6, 6.07) is 6.40. The molecule has 1 aromatic rings. The number of rotatable bonds is 4. The number of primary sulfonamides is 1. The normalized spacial score (nSPS) is 10.4. The summed E-state index contributed by atoms with van der Waals surface area (Å²) in [6.45, 7) is 0.636. The molecule has 0 aliphatic carbocycles. The van der Waals surface area contributed by atoms with Gasteiger partial charge in [0.05, 0.1) is 4.90 Å². The SMILES string of the molecule is NS(=O)(=O)c1ccc(CCNC(=S)[S-])cc1.[Na+]. The van der Waals surface area contributed by atoms with E-state index >= 15 is 0 Å². The molecule has 0 aromatic heterocycles. The Labute approximate surface area is 134 Å². The van der Waals surface area contributed by atoms with Crippen LogP contribution in [0.25, 0.3) is 0 Å². The van der Waals surface area contributed by atoms with Gasteiger partial charge >= 0.3 is 29.6 Å². The maximum absolute atomic E-state index is 11.0. The summed E-state index contributed by atoms with van der Waals surface area (Å²) in [4.78, 5) is 0.114. The maximum Gasteiger partial charge on any atom is 1.00 e. The van der Waals surface area contributed by atoms with Crippen LogP contribution in [0.15, 0.2) is 29.2 Å². The zero-order chi connectivity index (χ0) is 12.2. The van der Waals surface area contributed by atoms with E-state index in [1.807, 2.05) is 0 Å². The van der Waals surface area contributed by atoms with Gasteiger partial charge in [-0.3, -0.25) is 0 Å². The summed E-state index contributed by atoms with van der Waals surface area (Å²) < 4.78 is 22.3. The minimum Gasteiger partial charge on any atom is -0.412 e. The summed E-state index contributed by atoms with van der Waals surface area (Å²) in [5.74, 6) is 0. The Bertz CT molecular complexity index is 474. The fourth-order valence-corrected chi connectivity index (χ4v) is 1.87. The van der Waals surface area contributed by atoms with Gasteiger partial charge in [-0.25, -0.2) is 13.6 Å². The Morgan fingerprint density at radius 2 is 1.88 bits per heavy atom. The van der Waals surface area contributed by atoms with Gasteiger partial charge in [0.25, 0.3) is 0 Å². The van der Waals surface area contributed by atoms with Gasteiger partial charge in [-0.2, -0.15) is 0 Å². The summed E-state index contributed by atoms with van der Waals surface area (Å²) in [5.41, 5.74) is 0.992. The number of nitrogens with one attached hydrogen (secondary N) is 1. The van der Waals surface area contributed by atoms with E-state index in [1.165, 1.54) is 12.1 Å². The predicted octanol–water partition coefficient (Wildman–Crippen LogP) is -2.70. The molecule has 0 atom stereocenters. The second kappa shape index (κ2) is 7.63. The molecule has 17 heavy (non-hydrogen) atoms. The van der Waals surface area contributed by atoms with Crippen LogP contribution in [0.1, 0.15) is 5.56 Å². The minimum absolute atomic E-state index is 0. The van der Waals surface area contributed by atoms with Crippen molar-refractivity contribution < 1.29 is 38.0 Å². The molecule has 0 saturated carbocycles. The molecule has 1 aromatic carbocycles. The first-order valence-electron chi connectivity index (χ1n) is 4.46. The number of hydrogen-bond acceptors (Lipinski definition) is 4. The van der Waals surface area contributed by atoms with Crippen LogP contribution < -0.4 is 40.0 Å². The molecule has 88 valence electrons. The van der Waals surface area contributed by atoms with E-state index in [1.54, 1.807) is 12.1 Å². The number of nitrogens with two attached hydrogens (primary N) is 1. The van der Waals surface area contributed by atoms with Crippen molar-refractivity contribution in [1.82, 2.24) is 5.32 Å². The van der Waals surface area contributed by atoms with E-state index in [0.29, 0.717) is 10.9 Å². The van der Waals surface area contributed by atoms with Crippen molar-refractivity contribution in [3.05, 3.63) is 29.8 Å². The number of hydrogen-bond donors (Lipinski definition) is 2. The van der Waals surface area contributed by atoms with Crippen molar-refractivity contribution >= 4 is 39.2 Å². The summed E-state index contributed by atoms with van der Waals surface area (Å²) in [6.07, 6.45) is 0.724. The summed E-state index contributed by atoms with van der Waals surface area (Å²) in [5, 5.41) is 7.82. The first-order chi connectivity index (χ1) is 7.39. The molecular weight excluding hydrogens is 287 g/mol. The molecule has 1 rings (SSSR count). The zero-order valence-corrected chi connectivity index (χ0v) is 13.8. The molecular formula is C9H11N2NaO2S3. The number of thiocarbonyl (C=S) groups is 1. The fourth-order valence-electron chi connectivity index (χ4n) is 1.15. The van der Waals surface area contributed by atoms with Crippen LogP contribution in [0.5, 0.6) is 0 Å². The van der Waals surface area contributed by atoms with Crippen molar-refractivity contribution in [2.75, 3.05) is 6.54 Å². The van der Waals surface area contributed by atoms with E-state index in [-0.39, 0.29) is 34.5 Å². The van der Waals surface area contributed by atoms with Crippen molar-refractivity contribution in [3.63, 3.8) is 0 Å². The van der Waals surface area contributed by atoms with Gasteiger partial charge < -0.3 is 30.2 Å². The third-order valence-corrected chi connectivity index (χ3v) is 3.15. The Kier molecular flexibility index (Phi) is 7.73. The van der Waals surface area contributed by atoms with Crippen LogP contribution in [0.4, 0.5) is 0 Å². The second-order valence-electron chi connectivity index (χ2n) is 3.15. The summed E-state index contributed by atoms with van der Waals surface area (Å²) >= 11 is 9.38. The third kappa shape index (κ3) is 6.66. The molecule has 0 heterocycles. The van der Waals surface area contributed by atoms with Gasteiger partial charge in [-0.1, -0.05) is 16.5 Å². The molecule has 0 aliphatic rings. The van der Waals surface area contributed by atoms with Gasteiger partial charge in [-0.05, 0) is 24.1 Å². The smallest absolute Gasteiger partial charge is 0.412 e. The fraction of sp³-hybridized carbons (Fsp3) is 0.222. The van der Waals surface area contributed by atoms with Crippen LogP contribution in [0, 0.1) is 0 Å². The Morgan fingerprint density at radius 1 is 1.35 bits per heavy atom. The molecule has 0 fully saturated rings. The van der Waals surface area contributed by atoms with Gasteiger partial charge in [0, 0.05) is 6.54 Å². The molecule has 8 heteroatoms. The largest absolute Gasteiger partial charge is 1.00 e. The molecule has 0 amide bonds. The molecule has 4 nitrogen and oxygen atoms in total. The van der Waals surface area contributed by atoms with E-state index in [9.17, 15) is 8.42 Å². The van der Waals surface area contributed by atoms with Gasteiger partial charge in [0.15, 0.2) is 0 Å². The third-order valence-electron chi connectivity index (χ3n) is 1.93. The van der Waals surface area contributed by atoms with Gasteiger partial charge in [0.2, 0.25) is 10.0 Å².